The number of rotatable bonds is 4. The molecule has 1 unspecified atom stereocenters. The van der Waals surface area contributed by atoms with Crippen molar-refractivity contribution < 1.29 is 9.84 Å². The fourth-order valence-corrected chi connectivity index (χ4v) is 2.25. The van der Waals surface area contributed by atoms with Crippen LogP contribution in [0.1, 0.15) is 18.5 Å². The zero-order valence-electron chi connectivity index (χ0n) is 10.9. The SMILES string of the molecule is COc1cc(NC(C)c2ccc(O)cc2)ccc1Br. The third-order valence-electron chi connectivity index (χ3n) is 2.93. The lowest BCUT2D eigenvalue weighted by molar-refractivity contribution is 0.412. The van der Waals surface area contributed by atoms with E-state index in [1.807, 2.05) is 30.3 Å². The third kappa shape index (κ3) is 3.41. The zero-order valence-corrected chi connectivity index (χ0v) is 12.4. The van der Waals surface area contributed by atoms with Gasteiger partial charge in [0.15, 0.2) is 0 Å². The number of benzene rings is 2. The van der Waals surface area contributed by atoms with Crippen molar-refractivity contribution in [3.05, 3.63) is 52.5 Å². The molecule has 19 heavy (non-hydrogen) atoms. The first kappa shape index (κ1) is 13.7. The number of anilines is 1. The number of aromatic hydroxyl groups is 1. The molecule has 2 rings (SSSR count). The Kier molecular flexibility index (Phi) is 4.32. The Morgan fingerprint density at radius 1 is 1.16 bits per heavy atom. The second-order valence-electron chi connectivity index (χ2n) is 4.31. The van der Waals surface area contributed by atoms with Crippen molar-refractivity contribution in [2.75, 3.05) is 12.4 Å². The minimum atomic E-state index is 0.145. The van der Waals surface area contributed by atoms with Crippen molar-refractivity contribution >= 4 is 21.6 Å². The van der Waals surface area contributed by atoms with Crippen LogP contribution in [0, 0.1) is 0 Å². The molecule has 0 radical (unpaired) electrons. The van der Waals surface area contributed by atoms with Crippen molar-refractivity contribution in [3.63, 3.8) is 0 Å². The van der Waals surface area contributed by atoms with Gasteiger partial charge in [-0.25, -0.2) is 0 Å². The second kappa shape index (κ2) is 5.97. The summed E-state index contributed by atoms with van der Waals surface area (Å²) in [6.45, 7) is 2.07. The highest BCUT2D eigenvalue weighted by molar-refractivity contribution is 9.10. The summed E-state index contributed by atoms with van der Waals surface area (Å²) in [7, 11) is 1.65. The Hall–Kier alpha value is -1.68. The van der Waals surface area contributed by atoms with Crippen molar-refractivity contribution in [1.29, 1.82) is 0 Å². The van der Waals surface area contributed by atoms with Crippen LogP contribution in [-0.2, 0) is 0 Å². The highest BCUT2D eigenvalue weighted by Gasteiger charge is 2.07. The normalized spacial score (nSPS) is 11.9. The van der Waals surface area contributed by atoms with Crippen LogP contribution in [0.5, 0.6) is 11.5 Å². The molecular formula is C15H16BrNO2. The smallest absolute Gasteiger partial charge is 0.135 e. The molecule has 3 nitrogen and oxygen atoms in total. The van der Waals surface area contributed by atoms with E-state index in [9.17, 15) is 5.11 Å². The van der Waals surface area contributed by atoms with Crippen molar-refractivity contribution in [2.45, 2.75) is 13.0 Å². The highest BCUT2D eigenvalue weighted by atomic mass is 79.9. The first-order valence-electron chi connectivity index (χ1n) is 5.99. The van der Waals surface area contributed by atoms with Gasteiger partial charge >= 0.3 is 0 Å². The van der Waals surface area contributed by atoms with E-state index in [1.165, 1.54) is 0 Å². The van der Waals surface area contributed by atoms with E-state index < -0.39 is 0 Å². The van der Waals surface area contributed by atoms with E-state index in [-0.39, 0.29) is 11.8 Å². The summed E-state index contributed by atoms with van der Waals surface area (Å²) in [5.74, 6) is 1.07. The lowest BCUT2D eigenvalue weighted by atomic mass is 10.1. The fraction of sp³-hybridized carbons (Fsp3) is 0.200. The monoisotopic (exact) mass is 321 g/mol. The molecule has 2 aromatic rings. The molecule has 0 spiro atoms. The lowest BCUT2D eigenvalue weighted by Gasteiger charge is -2.16. The lowest BCUT2D eigenvalue weighted by Crippen LogP contribution is -2.06. The van der Waals surface area contributed by atoms with Gasteiger partial charge in [0.2, 0.25) is 0 Å². The quantitative estimate of drug-likeness (QED) is 0.880. The Labute approximate surface area is 121 Å². The van der Waals surface area contributed by atoms with Crippen LogP contribution in [0.3, 0.4) is 0 Å². The number of ether oxygens (including phenoxy) is 1. The van der Waals surface area contributed by atoms with Crippen LogP contribution in [0.25, 0.3) is 0 Å². The molecule has 0 aliphatic rings. The molecule has 0 fully saturated rings. The summed E-state index contributed by atoms with van der Waals surface area (Å²) >= 11 is 3.43. The number of phenolic OH excluding ortho intramolecular Hbond substituents is 1. The molecule has 0 saturated carbocycles. The zero-order chi connectivity index (χ0) is 13.8. The molecule has 0 aromatic heterocycles. The van der Waals surface area contributed by atoms with Gasteiger partial charge in [-0.05, 0) is 52.7 Å². The summed E-state index contributed by atoms with van der Waals surface area (Å²) in [5.41, 5.74) is 2.10. The molecule has 4 heteroatoms. The van der Waals surface area contributed by atoms with Gasteiger partial charge in [0.25, 0.3) is 0 Å². The van der Waals surface area contributed by atoms with Crippen molar-refractivity contribution in [1.82, 2.24) is 0 Å². The standard InChI is InChI=1S/C15H16BrNO2/c1-10(11-3-6-13(18)7-4-11)17-12-5-8-14(16)15(9-12)19-2/h3-10,17-18H,1-2H3. The highest BCUT2D eigenvalue weighted by Crippen LogP contribution is 2.29. The van der Waals surface area contributed by atoms with E-state index in [1.54, 1.807) is 19.2 Å². The maximum absolute atomic E-state index is 9.28. The summed E-state index contributed by atoms with van der Waals surface area (Å²) < 4.78 is 6.20. The molecule has 0 aliphatic heterocycles. The van der Waals surface area contributed by atoms with Crippen LogP contribution < -0.4 is 10.1 Å². The average Bonchev–Trinajstić information content (AvgIpc) is 2.41. The number of hydrogen-bond acceptors (Lipinski definition) is 3. The Balaban J connectivity index is 2.14. The molecule has 100 valence electrons. The molecule has 1 atom stereocenters. The van der Waals surface area contributed by atoms with Gasteiger partial charge in [0, 0.05) is 17.8 Å². The van der Waals surface area contributed by atoms with Crippen LogP contribution in [0.15, 0.2) is 46.9 Å². The van der Waals surface area contributed by atoms with Crippen LogP contribution in [0.2, 0.25) is 0 Å². The Morgan fingerprint density at radius 2 is 1.84 bits per heavy atom. The number of methoxy groups -OCH3 is 1. The summed E-state index contributed by atoms with van der Waals surface area (Å²) in [6, 6.07) is 13.2. The summed E-state index contributed by atoms with van der Waals surface area (Å²) in [4.78, 5) is 0. The molecule has 0 saturated heterocycles. The third-order valence-corrected chi connectivity index (χ3v) is 3.58. The predicted molar refractivity (Wildman–Crippen MR) is 80.8 cm³/mol. The molecule has 0 amide bonds. The van der Waals surface area contributed by atoms with Gasteiger partial charge in [-0.1, -0.05) is 12.1 Å². The number of hydrogen-bond donors (Lipinski definition) is 2. The van der Waals surface area contributed by atoms with Crippen molar-refractivity contribution in [3.8, 4) is 11.5 Å². The van der Waals surface area contributed by atoms with E-state index >= 15 is 0 Å². The van der Waals surface area contributed by atoms with Gasteiger partial charge in [-0.2, -0.15) is 0 Å². The Bertz CT molecular complexity index is 555. The predicted octanol–water partition coefficient (Wildman–Crippen LogP) is 4.34. The maximum Gasteiger partial charge on any atom is 0.135 e. The maximum atomic E-state index is 9.28. The molecule has 2 N–H and O–H groups in total. The molecule has 0 heterocycles. The van der Waals surface area contributed by atoms with E-state index in [0.29, 0.717) is 0 Å². The second-order valence-corrected chi connectivity index (χ2v) is 5.16. The molecular weight excluding hydrogens is 306 g/mol. The van der Waals surface area contributed by atoms with Gasteiger partial charge in [-0.3, -0.25) is 0 Å². The van der Waals surface area contributed by atoms with Gasteiger partial charge in [0.1, 0.15) is 11.5 Å². The number of phenols is 1. The van der Waals surface area contributed by atoms with E-state index in [4.69, 9.17) is 4.74 Å². The van der Waals surface area contributed by atoms with Crippen LogP contribution >= 0.6 is 15.9 Å². The summed E-state index contributed by atoms with van der Waals surface area (Å²) in [6.07, 6.45) is 0. The van der Waals surface area contributed by atoms with Crippen molar-refractivity contribution in [2.24, 2.45) is 0 Å². The van der Waals surface area contributed by atoms with Crippen LogP contribution in [0.4, 0.5) is 5.69 Å². The average molecular weight is 322 g/mol. The Morgan fingerprint density at radius 3 is 2.47 bits per heavy atom. The number of nitrogens with one attached hydrogen (secondary N) is 1. The minimum Gasteiger partial charge on any atom is -0.508 e. The van der Waals surface area contributed by atoms with Gasteiger partial charge < -0.3 is 15.2 Å². The van der Waals surface area contributed by atoms with Gasteiger partial charge in [0.05, 0.1) is 11.6 Å². The van der Waals surface area contributed by atoms with E-state index in [2.05, 4.69) is 28.2 Å². The molecule has 0 bridgehead atoms. The minimum absolute atomic E-state index is 0.145. The molecule has 2 aromatic carbocycles. The van der Waals surface area contributed by atoms with E-state index in [0.717, 1.165) is 21.5 Å². The molecule has 0 aliphatic carbocycles. The fourth-order valence-electron chi connectivity index (χ4n) is 1.85. The van der Waals surface area contributed by atoms with Gasteiger partial charge in [-0.15, -0.1) is 0 Å². The first-order chi connectivity index (χ1) is 9.10. The first-order valence-corrected chi connectivity index (χ1v) is 6.78. The topological polar surface area (TPSA) is 41.5 Å². The number of halogens is 1. The van der Waals surface area contributed by atoms with Crippen LogP contribution in [-0.4, -0.2) is 12.2 Å². The largest absolute Gasteiger partial charge is 0.508 e. The summed E-state index contributed by atoms with van der Waals surface area (Å²) in [5, 5.41) is 12.7.